The number of fused-ring (bicyclic) bond motifs is 1. The standard InChI is InChI=1S/C16H16F3N3O2/c1-2-24-15(23)12-9-21-22(14(12)16(17,18)19)13-5-3-4-10-8-20-7-6-11(10)13/h3-5,9,20H,2,6-8H2,1H3. The van der Waals surface area contributed by atoms with Crippen LogP contribution in [0.4, 0.5) is 13.2 Å². The van der Waals surface area contributed by atoms with Crippen molar-refractivity contribution in [2.24, 2.45) is 0 Å². The third kappa shape index (κ3) is 2.89. The number of hydrogen-bond acceptors (Lipinski definition) is 4. The first-order chi connectivity index (χ1) is 11.4. The van der Waals surface area contributed by atoms with Gasteiger partial charge in [-0.3, -0.25) is 0 Å². The maximum atomic E-state index is 13.6. The van der Waals surface area contributed by atoms with Gasteiger partial charge in [-0.2, -0.15) is 18.3 Å². The van der Waals surface area contributed by atoms with Crippen molar-refractivity contribution < 1.29 is 22.7 Å². The van der Waals surface area contributed by atoms with Crippen molar-refractivity contribution in [2.45, 2.75) is 26.1 Å². The van der Waals surface area contributed by atoms with Gasteiger partial charge in [0.25, 0.3) is 0 Å². The first-order valence-electron chi connectivity index (χ1n) is 7.57. The number of carbonyl (C=O) groups is 1. The summed E-state index contributed by atoms with van der Waals surface area (Å²) >= 11 is 0. The Morgan fingerprint density at radius 2 is 2.21 bits per heavy atom. The van der Waals surface area contributed by atoms with Crippen LogP contribution in [0.15, 0.2) is 24.4 Å². The molecule has 0 unspecified atom stereocenters. The minimum atomic E-state index is -4.73. The number of carbonyl (C=O) groups excluding carboxylic acids is 1. The molecule has 8 heteroatoms. The van der Waals surface area contributed by atoms with E-state index in [1.807, 2.05) is 6.07 Å². The highest BCUT2D eigenvalue weighted by Gasteiger charge is 2.41. The van der Waals surface area contributed by atoms with Gasteiger partial charge in [0.2, 0.25) is 0 Å². The molecule has 2 aromatic rings. The minimum absolute atomic E-state index is 0.00624. The van der Waals surface area contributed by atoms with Crippen molar-refractivity contribution in [3.63, 3.8) is 0 Å². The number of nitrogens with zero attached hydrogens (tertiary/aromatic N) is 2. The zero-order chi connectivity index (χ0) is 17.3. The summed E-state index contributed by atoms with van der Waals surface area (Å²) in [6.45, 7) is 2.80. The van der Waals surface area contributed by atoms with E-state index in [4.69, 9.17) is 4.74 Å². The molecule has 0 aliphatic carbocycles. The fraction of sp³-hybridized carbons (Fsp3) is 0.375. The van der Waals surface area contributed by atoms with E-state index in [0.717, 1.165) is 22.0 Å². The van der Waals surface area contributed by atoms with Crippen molar-refractivity contribution in [2.75, 3.05) is 13.2 Å². The van der Waals surface area contributed by atoms with E-state index in [1.165, 1.54) is 6.92 Å². The fourth-order valence-electron chi connectivity index (χ4n) is 2.87. The van der Waals surface area contributed by atoms with Crippen LogP contribution in [0.2, 0.25) is 0 Å². The second-order valence-corrected chi connectivity index (χ2v) is 5.38. The molecule has 1 aliphatic heterocycles. The van der Waals surface area contributed by atoms with E-state index in [1.54, 1.807) is 12.1 Å². The van der Waals surface area contributed by atoms with Crippen LogP contribution in [0.1, 0.15) is 34.1 Å². The zero-order valence-electron chi connectivity index (χ0n) is 13.0. The van der Waals surface area contributed by atoms with Crippen LogP contribution in [-0.2, 0) is 23.9 Å². The molecule has 1 N–H and O–H groups in total. The summed E-state index contributed by atoms with van der Waals surface area (Å²) in [6, 6.07) is 5.14. The number of alkyl halides is 3. The van der Waals surface area contributed by atoms with Crippen LogP contribution in [0.25, 0.3) is 5.69 Å². The van der Waals surface area contributed by atoms with Crippen LogP contribution in [0.5, 0.6) is 0 Å². The summed E-state index contributed by atoms with van der Waals surface area (Å²) < 4.78 is 46.3. The third-order valence-electron chi connectivity index (χ3n) is 3.88. The Morgan fingerprint density at radius 1 is 1.42 bits per heavy atom. The molecule has 0 saturated heterocycles. The van der Waals surface area contributed by atoms with Crippen molar-refractivity contribution >= 4 is 5.97 Å². The average Bonchev–Trinajstić information content (AvgIpc) is 3.00. The number of halogens is 3. The normalized spacial score (nSPS) is 14.3. The summed E-state index contributed by atoms with van der Waals surface area (Å²) in [5, 5.41) is 7.02. The van der Waals surface area contributed by atoms with Gasteiger partial charge >= 0.3 is 12.1 Å². The van der Waals surface area contributed by atoms with Gasteiger partial charge in [0.1, 0.15) is 5.56 Å². The molecule has 0 atom stereocenters. The molecule has 0 amide bonds. The molecule has 0 bridgehead atoms. The fourth-order valence-corrected chi connectivity index (χ4v) is 2.87. The Morgan fingerprint density at radius 3 is 2.92 bits per heavy atom. The number of ether oxygens (including phenoxy) is 1. The maximum absolute atomic E-state index is 13.6. The number of nitrogens with one attached hydrogen (secondary N) is 1. The number of benzene rings is 1. The first kappa shape index (κ1) is 16.5. The monoisotopic (exact) mass is 339 g/mol. The summed E-state index contributed by atoms with van der Waals surface area (Å²) in [7, 11) is 0. The molecule has 0 fully saturated rings. The second kappa shape index (κ2) is 6.27. The van der Waals surface area contributed by atoms with Gasteiger partial charge in [-0.05, 0) is 37.1 Å². The summed E-state index contributed by atoms with van der Waals surface area (Å²) in [5.74, 6) is -1.03. The van der Waals surface area contributed by atoms with Gasteiger partial charge in [-0.15, -0.1) is 0 Å². The predicted molar refractivity (Wildman–Crippen MR) is 79.9 cm³/mol. The van der Waals surface area contributed by atoms with Crippen LogP contribution in [0.3, 0.4) is 0 Å². The number of aromatic nitrogens is 2. The highest BCUT2D eigenvalue weighted by molar-refractivity contribution is 5.90. The molecule has 2 heterocycles. The summed E-state index contributed by atoms with van der Waals surface area (Å²) in [4.78, 5) is 11.9. The smallest absolute Gasteiger partial charge is 0.434 e. The average molecular weight is 339 g/mol. The molecule has 0 spiro atoms. The largest absolute Gasteiger partial charge is 0.462 e. The predicted octanol–water partition coefficient (Wildman–Crippen LogP) is 2.71. The topological polar surface area (TPSA) is 56.1 Å². The van der Waals surface area contributed by atoms with Crippen LogP contribution in [0, 0.1) is 0 Å². The lowest BCUT2D eigenvalue weighted by molar-refractivity contribution is -0.143. The lowest BCUT2D eigenvalue weighted by Gasteiger charge is -2.21. The van der Waals surface area contributed by atoms with Gasteiger partial charge in [0.15, 0.2) is 5.69 Å². The minimum Gasteiger partial charge on any atom is -0.462 e. The Labute approximate surface area is 136 Å². The van der Waals surface area contributed by atoms with Crippen molar-refractivity contribution in [3.05, 3.63) is 46.8 Å². The Hall–Kier alpha value is -2.35. The highest BCUT2D eigenvalue weighted by Crippen LogP contribution is 2.35. The van der Waals surface area contributed by atoms with E-state index in [9.17, 15) is 18.0 Å². The summed E-state index contributed by atoms with van der Waals surface area (Å²) in [6.07, 6.45) is -3.22. The second-order valence-electron chi connectivity index (χ2n) is 5.38. The van der Waals surface area contributed by atoms with Crippen LogP contribution >= 0.6 is 0 Å². The van der Waals surface area contributed by atoms with E-state index < -0.39 is 23.4 Å². The van der Waals surface area contributed by atoms with Gasteiger partial charge in [0.05, 0.1) is 18.5 Å². The van der Waals surface area contributed by atoms with E-state index in [2.05, 4.69) is 10.4 Å². The molecule has 128 valence electrons. The molecule has 3 rings (SSSR count). The first-order valence-corrected chi connectivity index (χ1v) is 7.57. The molecule has 5 nitrogen and oxygen atoms in total. The van der Waals surface area contributed by atoms with Gasteiger partial charge in [-0.25, -0.2) is 9.48 Å². The van der Waals surface area contributed by atoms with Gasteiger partial charge in [0, 0.05) is 6.54 Å². The van der Waals surface area contributed by atoms with Crippen LogP contribution in [-0.4, -0.2) is 28.9 Å². The van der Waals surface area contributed by atoms with Gasteiger partial charge < -0.3 is 10.1 Å². The highest BCUT2D eigenvalue weighted by atomic mass is 19.4. The lowest BCUT2D eigenvalue weighted by atomic mass is 9.99. The number of hydrogen-bond donors (Lipinski definition) is 1. The molecule has 0 saturated carbocycles. The van der Waals surface area contributed by atoms with E-state index >= 15 is 0 Å². The van der Waals surface area contributed by atoms with Crippen molar-refractivity contribution in [3.8, 4) is 5.69 Å². The SMILES string of the molecule is CCOC(=O)c1cnn(-c2cccc3c2CCNC3)c1C(F)(F)F. The van der Waals surface area contributed by atoms with E-state index in [0.29, 0.717) is 25.2 Å². The maximum Gasteiger partial charge on any atom is 0.434 e. The Balaban J connectivity index is 2.18. The Bertz CT molecular complexity index is 768. The van der Waals surface area contributed by atoms with Crippen LogP contribution < -0.4 is 5.32 Å². The van der Waals surface area contributed by atoms with Crippen molar-refractivity contribution in [1.82, 2.24) is 15.1 Å². The molecule has 1 aromatic heterocycles. The Kier molecular flexibility index (Phi) is 4.31. The molecule has 1 aromatic carbocycles. The lowest BCUT2D eigenvalue weighted by Crippen LogP contribution is -2.26. The molecular formula is C16H16F3N3O2. The molecule has 1 aliphatic rings. The van der Waals surface area contributed by atoms with Gasteiger partial charge in [-0.1, -0.05) is 12.1 Å². The third-order valence-corrected chi connectivity index (χ3v) is 3.88. The molecular weight excluding hydrogens is 323 g/mol. The number of rotatable bonds is 3. The number of esters is 1. The van der Waals surface area contributed by atoms with E-state index in [-0.39, 0.29) is 6.61 Å². The van der Waals surface area contributed by atoms with Crippen molar-refractivity contribution in [1.29, 1.82) is 0 Å². The quantitative estimate of drug-likeness (QED) is 0.874. The summed E-state index contributed by atoms with van der Waals surface area (Å²) in [5.41, 5.74) is 0.404. The zero-order valence-corrected chi connectivity index (χ0v) is 13.0. The molecule has 24 heavy (non-hydrogen) atoms. The molecule has 0 radical (unpaired) electrons.